The van der Waals surface area contributed by atoms with E-state index in [0.29, 0.717) is 6.17 Å². The molecule has 57 valence electrons. The highest BCUT2D eigenvalue weighted by molar-refractivity contribution is 7.97. The van der Waals surface area contributed by atoms with Gasteiger partial charge < -0.3 is 4.74 Å². The molecule has 1 radical (unpaired) electrons. The van der Waals surface area contributed by atoms with Crippen LogP contribution in [0.4, 0.5) is 0 Å². The summed E-state index contributed by atoms with van der Waals surface area (Å²) in [6.45, 7) is 2.74. The number of hydrogen-bond acceptors (Lipinski definition) is 3. The number of ether oxygens (including phenoxy) is 1. The molecular formula is C6H11N2OS. The van der Waals surface area contributed by atoms with Crippen molar-refractivity contribution in [3.05, 3.63) is 0 Å². The van der Waals surface area contributed by atoms with E-state index in [9.17, 15) is 0 Å². The molecule has 10 heavy (non-hydrogen) atoms. The summed E-state index contributed by atoms with van der Waals surface area (Å²) in [5.74, 6) is 1.18. The third-order valence-corrected chi connectivity index (χ3v) is 2.68. The zero-order valence-corrected chi connectivity index (χ0v) is 6.64. The molecule has 0 aromatic rings. The van der Waals surface area contributed by atoms with Crippen LogP contribution in [0, 0.1) is 0 Å². The highest BCUT2D eigenvalue weighted by Crippen LogP contribution is 2.19. The normalized spacial score (nSPS) is 35.4. The van der Waals surface area contributed by atoms with Crippen LogP contribution in [0.2, 0.25) is 0 Å². The Morgan fingerprint density at radius 1 is 1.60 bits per heavy atom. The number of rotatable bonds is 1. The van der Waals surface area contributed by atoms with Crippen molar-refractivity contribution in [2.75, 3.05) is 25.6 Å². The first-order valence-corrected chi connectivity index (χ1v) is 4.55. The molecule has 0 aromatic carbocycles. The van der Waals surface area contributed by atoms with Crippen molar-refractivity contribution in [2.24, 2.45) is 0 Å². The van der Waals surface area contributed by atoms with Crippen molar-refractivity contribution in [3.8, 4) is 0 Å². The second-order valence-corrected chi connectivity index (χ2v) is 3.43. The third-order valence-electron chi connectivity index (χ3n) is 1.86. The Morgan fingerprint density at radius 3 is 3.20 bits per heavy atom. The molecule has 1 atom stereocenters. The summed E-state index contributed by atoms with van der Waals surface area (Å²) in [4.78, 5) is 2.29. The summed E-state index contributed by atoms with van der Waals surface area (Å²) < 4.78 is 9.61. The Hall–Kier alpha value is 0.230. The molecule has 2 saturated heterocycles. The van der Waals surface area contributed by atoms with Crippen molar-refractivity contribution < 1.29 is 4.74 Å². The first-order valence-electron chi connectivity index (χ1n) is 3.61. The fraction of sp³-hybridized carbons (Fsp3) is 1.00. The number of nitrogens with zero attached hydrogens (tertiary/aromatic N) is 2. The summed E-state index contributed by atoms with van der Waals surface area (Å²) in [6, 6.07) is 0. The molecule has 2 heterocycles. The molecule has 0 amide bonds. The highest BCUT2D eigenvalue weighted by atomic mass is 32.2. The topological polar surface area (TPSA) is 26.6 Å². The van der Waals surface area contributed by atoms with Crippen LogP contribution >= 0.6 is 11.9 Å². The fourth-order valence-electron chi connectivity index (χ4n) is 1.26. The predicted octanol–water partition coefficient (Wildman–Crippen LogP) is 0.258. The molecule has 0 saturated carbocycles. The van der Waals surface area contributed by atoms with Gasteiger partial charge in [-0.3, -0.25) is 4.90 Å². The summed E-state index contributed by atoms with van der Waals surface area (Å²) in [7, 11) is 0. The average molecular weight is 159 g/mol. The molecule has 0 spiro atoms. The van der Waals surface area contributed by atoms with E-state index in [2.05, 4.69) is 9.62 Å². The summed E-state index contributed by atoms with van der Waals surface area (Å²) in [5.41, 5.74) is 0. The lowest BCUT2D eigenvalue weighted by molar-refractivity contribution is 0.111. The zero-order valence-electron chi connectivity index (χ0n) is 5.82. The van der Waals surface area contributed by atoms with Crippen molar-refractivity contribution in [3.63, 3.8) is 0 Å². The van der Waals surface area contributed by atoms with Gasteiger partial charge in [-0.15, -0.1) is 0 Å². The Bertz CT molecular complexity index is 96.3. The average Bonchev–Trinajstić information content (AvgIpc) is 2.59. The lowest BCUT2D eigenvalue weighted by Gasteiger charge is -2.18. The maximum Gasteiger partial charge on any atom is 0.100 e. The van der Waals surface area contributed by atoms with Crippen LogP contribution in [0.1, 0.15) is 6.42 Å². The van der Waals surface area contributed by atoms with Crippen LogP contribution in [0.25, 0.3) is 0 Å². The quantitative estimate of drug-likeness (QED) is 0.513. The first kappa shape index (κ1) is 6.91. The SMILES string of the molecule is C1CN(C2CCS[N]2)CO1. The molecule has 2 rings (SSSR count). The van der Waals surface area contributed by atoms with Gasteiger partial charge >= 0.3 is 0 Å². The van der Waals surface area contributed by atoms with Gasteiger partial charge in [0, 0.05) is 12.3 Å². The summed E-state index contributed by atoms with van der Waals surface area (Å²) in [6.07, 6.45) is 1.65. The molecule has 3 nitrogen and oxygen atoms in total. The van der Waals surface area contributed by atoms with Gasteiger partial charge in [0.2, 0.25) is 0 Å². The standard InChI is InChI=1S/C6H11N2OS/c1-4-10-7-6(1)8-2-3-9-5-8/h6H,1-5H2. The third kappa shape index (κ3) is 1.29. The van der Waals surface area contributed by atoms with Crippen LogP contribution in [-0.4, -0.2) is 36.7 Å². The van der Waals surface area contributed by atoms with Crippen molar-refractivity contribution in [2.45, 2.75) is 12.6 Å². The molecule has 2 fully saturated rings. The molecule has 0 aliphatic carbocycles. The minimum atomic E-state index is 0.451. The number of hydrogen-bond donors (Lipinski definition) is 0. The highest BCUT2D eigenvalue weighted by Gasteiger charge is 2.26. The molecule has 0 N–H and O–H groups in total. The molecule has 4 heteroatoms. The van der Waals surface area contributed by atoms with E-state index < -0.39 is 0 Å². The molecular weight excluding hydrogens is 148 g/mol. The minimum Gasteiger partial charge on any atom is -0.365 e. The Labute approximate surface area is 65.2 Å². The maximum absolute atomic E-state index is 5.23. The van der Waals surface area contributed by atoms with E-state index >= 15 is 0 Å². The fourth-order valence-corrected chi connectivity index (χ4v) is 2.09. The Kier molecular flexibility index (Phi) is 2.13. The zero-order chi connectivity index (χ0) is 6.81. The van der Waals surface area contributed by atoms with Gasteiger partial charge in [0.15, 0.2) is 0 Å². The van der Waals surface area contributed by atoms with Crippen molar-refractivity contribution >= 4 is 11.9 Å². The van der Waals surface area contributed by atoms with E-state index in [1.807, 2.05) is 0 Å². The van der Waals surface area contributed by atoms with E-state index in [1.54, 1.807) is 11.9 Å². The van der Waals surface area contributed by atoms with E-state index in [4.69, 9.17) is 4.74 Å². The van der Waals surface area contributed by atoms with Gasteiger partial charge in [0.25, 0.3) is 0 Å². The Balaban J connectivity index is 1.85. The molecule has 0 aromatic heterocycles. The summed E-state index contributed by atoms with van der Waals surface area (Å²) in [5, 5.41) is 0. The van der Waals surface area contributed by atoms with Crippen molar-refractivity contribution in [1.82, 2.24) is 9.62 Å². The second-order valence-electron chi connectivity index (χ2n) is 2.56. The minimum absolute atomic E-state index is 0.451. The van der Waals surface area contributed by atoms with Gasteiger partial charge in [0.1, 0.15) is 6.73 Å². The molecule has 0 bridgehead atoms. The van der Waals surface area contributed by atoms with Crippen molar-refractivity contribution in [1.29, 1.82) is 0 Å². The van der Waals surface area contributed by atoms with Crippen LogP contribution in [0.5, 0.6) is 0 Å². The van der Waals surface area contributed by atoms with Gasteiger partial charge in [-0.2, -0.15) is 4.72 Å². The maximum atomic E-state index is 5.23. The predicted molar refractivity (Wildman–Crippen MR) is 40.5 cm³/mol. The van der Waals surface area contributed by atoms with Crippen LogP contribution in [0.3, 0.4) is 0 Å². The van der Waals surface area contributed by atoms with Gasteiger partial charge in [-0.25, -0.2) is 0 Å². The summed E-state index contributed by atoms with van der Waals surface area (Å²) >= 11 is 1.70. The Morgan fingerprint density at radius 2 is 2.60 bits per heavy atom. The smallest absolute Gasteiger partial charge is 0.100 e. The lowest BCUT2D eigenvalue weighted by Crippen LogP contribution is -2.35. The van der Waals surface area contributed by atoms with E-state index in [1.165, 1.54) is 12.2 Å². The lowest BCUT2D eigenvalue weighted by atomic mass is 10.3. The van der Waals surface area contributed by atoms with Gasteiger partial charge in [-0.1, -0.05) is 11.9 Å². The molecule has 1 unspecified atom stereocenters. The van der Waals surface area contributed by atoms with Crippen LogP contribution < -0.4 is 4.72 Å². The molecule has 2 aliphatic rings. The first-order chi connectivity index (χ1) is 4.97. The van der Waals surface area contributed by atoms with E-state index in [-0.39, 0.29) is 0 Å². The van der Waals surface area contributed by atoms with Gasteiger partial charge in [0.05, 0.1) is 12.8 Å². The van der Waals surface area contributed by atoms with Crippen LogP contribution in [-0.2, 0) is 4.74 Å². The monoisotopic (exact) mass is 159 g/mol. The van der Waals surface area contributed by atoms with E-state index in [0.717, 1.165) is 19.9 Å². The van der Waals surface area contributed by atoms with Crippen LogP contribution in [0.15, 0.2) is 0 Å². The van der Waals surface area contributed by atoms with Gasteiger partial charge in [-0.05, 0) is 6.42 Å². The second kappa shape index (κ2) is 3.09. The molecule has 2 aliphatic heterocycles. The largest absolute Gasteiger partial charge is 0.365 e.